The molecule has 1 aromatic carbocycles. The molecule has 2 heterocycles. The van der Waals surface area contributed by atoms with E-state index < -0.39 is 5.63 Å². The second kappa shape index (κ2) is 4.77. The van der Waals surface area contributed by atoms with Gasteiger partial charge in [0.2, 0.25) is 0 Å². The van der Waals surface area contributed by atoms with Crippen LogP contribution >= 0.6 is 11.6 Å². The maximum absolute atomic E-state index is 12.0. The number of H-pyrrole nitrogens is 1. The Bertz CT molecular complexity index is 926. The monoisotopic (exact) mass is 291 g/mol. The van der Waals surface area contributed by atoms with Crippen molar-refractivity contribution in [1.29, 1.82) is 0 Å². The molecular weight excluding hydrogens is 282 g/mol. The third-order valence-electron chi connectivity index (χ3n) is 3.12. The molecule has 0 atom stereocenters. The Morgan fingerprint density at radius 3 is 2.75 bits per heavy atom. The zero-order valence-electron chi connectivity index (χ0n) is 10.3. The van der Waals surface area contributed by atoms with Gasteiger partial charge < -0.3 is 14.5 Å². The first-order valence-electron chi connectivity index (χ1n) is 5.99. The normalized spacial score (nSPS) is 11.3. The number of aromatic nitrogens is 1. The van der Waals surface area contributed by atoms with Crippen LogP contribution in [0.15, 0.2) is 38.3 Å². The van der Waals surface area contributed by atoms with Gasteiger partial charge >= 0.3 is 5.63 Å². The van der Waals surface area contributed by atoms with Gasteiger partial charge in [0.1, 0.15) is 0 Å². The molecule has 20 heavy (non-hydrogen) atoms. The van der Waals surface area contributed by atoms with Crippen molar-refractivity contribution in [3.05, 3.63) is 55.6 Å². The van der Waals surface area contributed by atoms with Crippen LogP contribution < -0.4 is 11.2 Å². The highest BCUT2D eigenvalue weighted by molar-refractivity contribution is 6.31. The Kier molecular flexibility index (Phi) is 3.08. The summed E-state index contributed by atoms with van der Waals surface area (Å²) in [6, 6.07) is 6.38. The number of aromatic amines is 1. The number of halogens is 1. The van der Waals surface area contributed by atoms with Gasteiger partial charge in [0.15, 0.2) is 5.58 Å². The van der Waals surface area contributed by atoms with E-state index in [-0.39, 0.29) is 35.1 Å². The minimum atomic E-state index is -0.557. The lowest BCUT2D eigenvalue weighted by Crippen LogP contribution is -2.13. The Morgan fingerprint density at radius 1 is 1.20 bits per heavy atom. The van der Waals surface area contributed by atoms with E-state index in [9.17, 15) is 9.59 Å². The van der Waals surface area contributed by atoms with Gasteiger partial charge in [0, 0.05) is 29.0 Å². The van der Waals surface area contributed by atoms with Crippen LogP contribution in [-0.2, 0) is 6.42 Å². The molecule has 3 rings (SSSR count). The second-order valence-electron chi connectivity index (χ2n) is 4.42. The first-order valence-corrected chi connectivity index (χ1v) is 6.37. The molecule has 3 aromatic rings. The molecule has 6 heteroatoms. The highest BCUT2D eigenvalue weighted by atomic mass is 35.5. The average molecular weight is 292 g/mol. The molecule has 0 amide bonds. The average Bonchev–Trinajstić information content (AvgIpc) is 2.42. The molecule has 0 aliphatic heterocycles. The molecule has 0 saturated carbocycles. The van der Waals surface area contributed by atoms with Crippen molar-refractivity contribution >= 4 is 33.5 Å². The lowest BCUT2D eigenvalue weighted by molar-refractivity contribution is 0.298. The topological polar surface area (TPSA) is 83.3 Å². The quantitative estimate of drug-likeness (QED) is 0.706. The lowest BCUT2D eigenvalue weighted by atomic mass is 10.1. The summed E-state index contributed by atoms with van der Waals surface area (Å²) in [4.78, 5) is 26.6. The number of pyridine rings is 1. The molecule has 0 bridgehead atoms. The van der Waals surface area contributed by atoms with Crippen LogP contribution in [-0.4, -0.2) is 16.7 Å². The first kappa shape index (κ1) is 12.9. The third-order valence-corrected chi connectivity index (χ3v) is 3.36. The highest BCUT2D eigenvalue weighted by Gasteiger charge is 2.12. The molecule has 0 spiro atoms. The van der Waals surface area contributed by atoms with E-state index in [2.05, 4.69) is 4.98 Å². The number of hydrogen-bond acceptors (Lipinski definition) is 4. The van der Waals surface area contributed by atoms with Gasteiger partial charge in [0.25, 0.3) is 5.56 Å². The Labute approximate surface area is 117 Å². The summed E-state index contributed by atoms with van der Waals surface area (Å²) in [6.45, 7) is -0.187. The van der Waals surface area contributed by atoms with Crippen molar-refractivity contribution in [2.75, 3.05) is 6.61 Å². The van der Waals surface area contributed by atoms with Crippen LogP contribution in [0, 0.1) is 0 Å². The fraction of sp³-hybridized carbons (Fsp3) is 0.143. The number of nitrogens with one attached hydrogen (secondary N) is 1. The van der Waals surface area contributed by atoms with E-state index in [0.29, 0.717) is 15.9 Å². The molecule has 0 saturated heterocycles. The number of benzene rings is 1. The van der Waals surface area contributed by atoms with Crippen molar-refractivity contribution in [2.45, 2.75) is 6.42 Å². The predicted molar refractivity (Wildman–Crippen MR) is 76.4 cm³/mol. The van der Waals surface area contributed by atoms with E-state index >= 15 is 0 Å². The van der Waals surface area contributed by atoms with E-state index in [1.165, 1.54) is 6.07 Å². The summed E-state index contributed by atoms with van der Waals surface area (Å²) in [5, 5.41) is 10.2. The number of aliphatic hydroxyl groups is 1. The fourth-order valence-corrected chi connectivity index (χ4v) is 2.35. The Balaban J connectivity index is 2.49. The molecular formula is C14H10ClNO4. The SMILES string of the molecule is O=c1oc2c(cc1CCO)c(=O)[nH]c1ccc(Cl)cc12. The minimum absolute atomic E-state index is 0.144. The number of aliphatic hydroxyl groups excluding tert-OH is 1. The Hall–Kier alpha value is -2.11. The van der Waals surface area contributed by atoms with Gasteiger partial charge in [-0.25, -0.2) is 4.79 Å². The van der Waals surface area contributed by atoms with Crippen molar-refractivity contribution in [3.8, 4) is 0 Å². The summed E-state index contributed by atoms with van der Waals surface area (Å²) < 4.78 is 5.25. The standard InChI is InChI=1S/C14H10ClNO4/c15-8-1-2-11-9(6-8)12-10(13(18)16-11)5-7(3-4-17)14(19)20-12/h1-2,5-6,17H,3-4H2,(H,16,18). The lowest BCUT2D eigenvalue weighted by Gasteiger charge is -2.04. The zero-order valence-corrected chi connectivity index (χ0v) is 11.0. The van der Waals surface area contributed by atoms with Gasteiger partial charge in [-0.15, -0.1) is 0 Å². The van der Waals surface area contributed by atoms with Gasteiger partial charge in [0.05, 0.1) is 10.9 Å². The molecule has 5 nitrogen and oxygen atoms in total. The largest absolute Gasteiger partial charge is 0.422 e. The molecule has 0 fully saturated rings. The van der Waals surface area contributed by atoms with Crippen LogP contribution in [0.1, 0.15) is 5.56 Å². The van der Waals surface area contributed by atoms with E-state index in [1.54, 1.807) is 18.2 Å². The zero-order chi connectivity index (χ0) is 14.3. The Morgan fingerprint density at radius 2 is 2.00 bits per heavy atom. The van der Waals surface area contributed by atoms with E-state index in [1.807, 2.05) is 0 Å². The molecule has 0 aliphatic carbocycles. The molecule has 2 N–H and O–H groups in total. The first-order chi connectivity index (χ1) is 9.60. The summed E-state index contributed by atoms with van der Waals surface area (Å²) in [7, 11) is 0. The number of hydrogen-bond donors (Lipinski definition) is 2. The van der Waals surface area contributed by atoms with Crippen LogP contribution in [0.3, 0.4) is 0 Å². The summed E-state index contributed by atoms with van der Waals surface area (Å²) in [5.74, 6) is 0. The minimum Gasteiger partial charge on any atom is -0.422 e. The van der Waals surface area contributed by atoms with Crippen molar-refractivity contribution in [2.24, 2.45) is 0 Å². The smallest absolute Gasteiger partial charge is 0.339 e. The second-order valence-corrected chi connectivity index (χ2v) is 4.86. The number of rotatable bonds is 2. The highest BCUT2D eigenvalue weighted by Crippen LogP contribution is 2.23. The van der Waals surface area contributed by atoms with Crippen molar-refractivity contribution in [3.63, 3.8) is 0 Å². The van der Waals surface area contributed by atoms with Gasteiger partial charge in [-0.05, 0) is 24.3 Å². The maximum Gasteiger partial charge on any atom is 0.339 e. The molecule has 0 radical (unpaired) electrons. The maximum atomic E-state index is 12.0. The van der Waals surface area contributed by atoms with E-state index in [0.717, 1.165) is 0 Å². The summed E-state index contributed by atoms with van der Waals surface area (Å²) in [6.07, 6.45) is 0.144. The predicted octanol–water partition coefficient (Wildman–Crippen LogP) is 1.82. The molecule has 0 aliphatic rings. The van der Waals surface area contributed by atoms with Crippen LogP contribution in [0.5, 0.6) is 0 Å². The molecule has 102 valence electrons. The summed E-state index contributed by atoms with van der Waals surface area (Å²) >= 11 is 5.93. The van der Waals surface area contributed by atoms with E-state index in [4.69, 9.17) is 21.1 Å². The van der Waals surface area contributed by atoms with Gasteiger partial charge in [-0.2, -0.15) is 0 Å². The van der Waals surface area contributed by atoms with Gasteiger partial charge in [-0.3, -0.25) is 4.79 Å². The molecule has 2 aromatic heterocycles. The van der Waals surface area contributed by atoms with Crippen LogP contribution in [0.25, 0.3) is 21.9 Å². The third kappa shape index (κ3) is 2.01. The van der Waals surface area contributed by atoms with Crippen molar-refractivity contribution < 1.29 is 9.52 Å². The van der Waals surface area contributed by atoms with Crippen LogP contribution in [0.4, 0.5) is 0 Å². The van der Waals surface area contributed by atoms with Crippen LogP contribution in [0.2, 0.25) is 5.02 Å². The number of fused-ring (bicyclic) bond motifs is 3. The fourth-order valence-electron chi connectivity index (χ4n) is 2.18. The van der Waals surface area contributed by atoms with Crippen molar-refractivity contribution in [1.82, 2.24) is 4.98 Å². The van der Waals surface area contributed by atoms with Gasteiger partial charge in [-0.1, -0.05) is 11.6 Å². The molecule has 0 unspecified atom stereocenters. The summed E-state index contributed by atoms with van der Waals surface area (Å²) in [5.41, 5.74) is 0.117.